The first-order valence-electron chi connectivity index (χ1n) is 3.49. The lowest BCUT2D eigenvalue weighted by Gasteiger charge is -2.00. The van der Waals surface area contributed by atoms with Crippen LogP contribution in [0.5, 0.6) is 0 Å². The molecule has 1 heteroatoms. The molecule has 0 saturated heterocycles. The Hall–Kier alpha value is -0.850. The van der Waals surface area contributed by atoms with Crippen molar-refractivity contribution in [1.29, 1.82) is 0 Å². The molecular weight excluding hydrogens is 127 g/mol. The van der Waals surface area contributed by atoms with E-state index in [1.54, 1.807) is 13.0 Å². The third kappa shape index (κ3) is 1.18. The minimum absolute atomic E-state index is 0.0509. The Morgan fingerprint density at radius 2 is 2.10 bits per heavy atom. The molecule has 0 atom stereocenters. The number of hydrogen-bond acceptors (Lipinski definition) is 0. The number of benzene rings is 1. The van der Waals surface area contributed by atoms with Gasteiger partial charge in [0.25, 0.3) is 0 Å². The van der Waals surface area contributed by atoms with Gasteiger partial charge in [0, 0.05) is 0 Å². The van der Waals surface area contributed by atoms with Crippen molar-refractivity contribution >= 4 is 0 Å². The zero-order valence-electron chi connectivity index (χ0n) is 6.32. The zero-order valence-corrected chi connectivity index (χ0v) is 6.32. The Labute approximate surface area is 60.7 Å². The SMILES string of the molecule is CCc1cccc(C)c1F. The van der Waals surface area contributed by atoms with E-state index in [9.17, 15) is 4.39 Å². The van der Waals surface area contributed by atoms with Gasteiger partial charge in [0.1, 0.15) is 5.82 Å². The Morgan fingerprint density at radius 1 is 1.40 bits per heavy atom. The molecule has 0 spiro atoms. The third-order valence-electron chi connectivity index (χ3n) is 1.65. The average Bonchev–Trinajstić information content (AvgIpc) is 1.95. The lowest BCUT2D eigenvalue weighted by Crippen LogP contribution is -1.89. The van der Waals surface area contributed by atoms with Crippen molar-refractivity contribution in [2.75, 3.05) is 0 Å². The monoisotopic (exact) mass is 138 g/mol. The highest BCUT2D eigenvalue weighted by atomic mass is 19.1. The molecule has 0 nitrogen and oxygen atoms in total. The fraction of sp³-hybridized carbons (Fsp3) is 0.333. The Bertz CT molecular complexity index is 228. The molecule has 10 heavy (non-hydrogen) atoms. The summed E-state index contributed by atoms with van der Waals surface area (Å²) in [5, 5.41) is 0. The van der Waals surface area contributed by atoms with Gasteiger partial charge in [-0.1, -0.05) is 25.1 Å². The second-order valence-electron chi connectivity index (χ2n) is 2.40. The maximum absolute atomic E-state index is 13.0. The van der Waals surface area contributed by atoms with Crippen LogP contribution in [0.4, 0.5) is 4.39 Å². The predicted molar refractivity (Wildman–Crippen MR) is 40.5 cm³/mol. The van der Waals surface area contributed by atoms with Gasteiger partial charge in [-0.15, -0.1) is 0 Å². The van der Waals surface area contributed by atoms with Gasteiger partial charge in [0.15, 0.2) is 0 Å². The molecule has 0 N–H and O–H groups in total. The topological polar surface area (TPSA) is 0 Å². The van der Waals surface area contributed by atoms with E-state index in [0.717, 1.165) is 17.5 Å². The molecule has 0 bridgehead atoms. The van der Waals surface area contributed by atoms with Crippen LogP contribution < -0.4 is 0 Å². The Kier molecular flexibility index (Phi) is 2.05. The smallest absolute Gasteiger partial charge is 0.129 e. The van der Waals surface area contributed by atoms with E-state index >= 15 is 0 Å². The molecule has 1 aromatic carbocycles. The van der Waals surface area contributed by atoms with Crippen molar-refractivity contribution in [3.63, 3.8) is 0 Å². The average molecular weight is 138 g/mol. The minimum atomic E-state index is -0.0509. The van der Waals surface area contributed by atoms with Gasteiger partial charge in [-0.2, -0.15) is 0 Å². The largest absolute Gasteiger partial charge is 0.206 e. The maximum Gasteiger partial charge on any atom is 0.129 e. The fourth-order valence-corrected chi connectivity index (χ4v) is 0.981. The number of hydrogen-bond donors (Lipinski definition) is 0. The van der Waals surface area contributed by atoms with Crippen molar-refractivity contribution in [1.82, 2.24) is 0 Å². The van der Waals surface area contributed by atoms with Crippen LogP contribution in [0.25, 0.3) is 0 Å². The molecule has 0 radical (unpaired) electrons. The van der Waals surface area contributed by atoms with E-state index in [1.165, 1.54) is 0 Å². The van der Waals surface area contributed by atoms with Crippen molar-refractivity contribution < 1.29 is 4.39 Å². The van der Waals surface area contributed by atoms with Gasteiger partial charge < -0.3 is 0 Å². The fourth-order valence-electron chi connectivity index (χ4n) is 0.981. The molecular formula is C9H11F. The van der Waals surface area contributed by atoms with Crippen LogP contribution in [-0.4, -0.2) is 0 Å². The lowest BCUT2D eigenvalue weighted by molar-refractivity contribution is 0.603. The molecule has 0 heterocycles. The summed E-state index contributed by atoms with van der Waals surface area (Å²) in [6.45, 7) is 3.74. The first kappa shape index (κ1) is 7.26. The number of rotatable bonds is 1. The summed E-state index contributed by atoms with van der Waals surface area (Å²) in [5.41, 5.74) is 1.54. The van der Waals surface area contributed by atoms with E-state index in [2.05, 4.69) is 0 Å². The van der Waals surface area contributed by atoms with E-state index in [-0.39, 0.29) is 5.82 Å². The summed E-state index contributed by atoms with van der Waals surface area (Å²) < 4.78 is 13.0. The van der Waals surface area contributed by atoms with Gasteiger partial charge in [0.2, 0.25) is 0 Å². The van der Waals surface area contributed by atoms with Crippen molar-refractivity contribution in [2.24, 2.45) is 0 Å². The maximum atomic E-state index is 13.0. The summed E-state index contributed by atoms with van der Waals surface area (Å²) >= 11 is 0. The van der Waals surface area contributed by atoms with Crippen LogP contribution in [0, 0.1) is 12.7 Å². The van der Waals surface area contributed by atoms with Crippen molar-refractivity contribution in [2.45, 2.75) is 20.3 Å². The highest BCUT2D eigenvalue weighted by molar-refractivity contribution is 5.24. The summed E-state index contributed by atoms with van der Waals surface area (Å²) in [7, 11) is 0. The lowest BCUT2D eigenvalue weighted by atomic mass is 10.1. The van der Waals surface area contributed by atoms with Gasteiger partial charge >= 0.3 is 0 Å². The quantitative estimate of drug-likeness (QED) is 0.559. The van der Waals surface area contributed by atoms with Gasteiger partial charge in [-0.05, 0) is 24.5 Å². The molecule has 0 amide bonds. The standard InChI is InChI=1S/C9H11F/c1-3-8-6-4-5-7(2)9(8)10/h4-6H,3H2,1-2H3. The molecule has 1 rings (SSSR count). The highest BCUT2D eigenvalue weighted by Crippen LogP contribution is 2.11. The summed E-state index contributed by atoms with van der Waals surface area (Å²) in [5.74, 6) is -0.0509. The molecule has 0 unspecified atom stereocenters. The highest BCUT2D eigenvalue weighted by Gasteiger charge is 2.00. The first-order chi connectivity index (χ1) is 4.75. The van der Waals surface area contributed by atoms with E-state index in [0.29, 0.717) is 0 Å². The van der Waals surface area contributed by atoms with Gasteiger partial charge in [0.05, 0.1) is 0 Å². The normalized spacial score (nSPS) is 9.90. The third-order valence-corrected chi connectivity index (χ3v) is 1.65. The molecule has 54 valence electrons. The number of halogens is 1. The molecule has 0 saturated carbocycles. The Morgan fingerprint density at radius 3 is 2.60 bits per heavy atom. The van der Waals surface area contributed by atoms with Crippen molar-refractivity contribution in [3.05, 3.63) is 35.1 Å². The van der Waals surface area contributed by atoms with Crippen LogP contribution in [0.1, 0.15) is 18.1 Å². The second-order valence-corrected chi connectivity index (χ2v) is 2.40. The van der Waals surface area contributed by atoms with Gasteiger partial charge in [-0.25, -0.2) is 4.39 Å². The van der Waals surface area contributed by atoms with Crippen LogP contribution in [0.15, 0.2) is 18.2 Å². The number of aryl methyl sites for hydroxylation is 2. The van der Waals surface area contributed by atoms with E-state index in [4.69, 9.17) is 0 Å². The first-order valence-corrected chi connectivity index (χ1v) is 3.49. The summed E-state index contributed by atoms with van der Waals surface area (Å²) in [4.78, 5) is 0. The molecule has 0 aromatic heterocycles. The molecule has 0 aliphatic carbocycles. The molecule has 0 fully saturated rings. The zero-order chi connectivity index (χ0) is 7.56. The van der Waals surface area contributed by atoms with Crippen LogP contribution >= 0.6 is 0 Å². The van der Waals surface area contributed by atoms with Gasteiger partial charge in [-0.3, -0.25) is 0 Å². The molecule has 0 aliphatic heterocycles. The molecule has 0 aliphatic rings. The van der Waals surface area contributed by atoms with Crippen molar-refractivity contribution in [3.8, 4) is 0 Å². The summed E-state index contributed by atoms with van der Waals surface area (Å²) in [6, 6.07) is 5.49. The van der Waals surface area contributed by atoms with Crippen LogP contribution in [-0.2, 0) is 6.42 Å². The van der Waals surface area contributed by atoms with E-state index < -0.39 is 0 Å². The van der Waals surface area contributed by atoms with Crippen LogP contribution in [0.2, 0.25) is 0 Å². The second kappa shape index (κ2) is 2.82. The predicted octanol–water partition coefficient (Wildman–Crippen LogP) is 2.70. The Balaban J connectivity index is 3.14. The van der Waals surface area contributed by atoms with Crippen LogP contribution in [0.3, 0.4) is 0 Å². The summed E-state index contributed by atoms with van der Waals surface area (Å²) in [6.07, 6.45) is 0.771. The molecule has 1 aromatic rings. The van der Waals surface area contributed by atoms with E-state index in [1.807, 2.05) is 19.1 Å². The minimum Gasteiger partial charge on any atom is -0.206 e.